The van der Waals surface area contributed by atoms with Crippen LogP contribution < -0.4 is 10.9 Å². The highest BCUT2D eigenvalue weighted by molar-refractivity contribution is 7.85. The van der Waals surface area contributed by atoms with Gasteiger partial charge in [0, 0.05) is 6.54 Å². The fraction of sp³-hybridized carbons (Fsp3) is 0.833. The molecule has 0 amide bonds. The van der Waals surface area contributed by atoms with Crippen LogP contribution in [0.25, 0.3) is 0 Å². The number of carboxylic acids is 1. The second kappa shape index (κ2) is 5.98. The van der Waals surface area contributed by atoms with E-state index in [9.17, 15) is 13.2 Å². The molecular weight excluding hydrogens is 228 g/mol. The maximum atomic E-state index is 10.5. The van der Waals surface area contributed by atoms with Crippen LogP contribution in [0.15, 0.2) is 0 Å². The zero-order valence-corrected chi connectivity index (χ0v) is 8.86. The van der Waals surface area contributed by atoms with Crippen molar-refractivity contribution in [3.8, 4) is 0 Å². The number of carbonyl (C=O) groups is 1. The van der Waals surface area contributed by atoms with Gasteiger partial charge in [0.25, 0.3) is 10.1 Å². The average molecular weight is 242 g/mol. The summed E-state index contributed by atoms with van der Waals surface area (Å²) in [5.41, 5.74) is 4.49. The Morgan fingerprint density at radius 1 is 1.47 bits per heavy atom. The molecule has 9 heteroatoms. The minimum absolute atomic E-state index is 0.171. The molecule has 0 spiro atoms. The summed E-state index contributed by atoms with van der Waals surface area (Å²) in [6.07, 6.45) is -1.14. The Balaban J connectivity index is 3.88. The van der Waals surface area contributed by atoms with Gasteiger partial charge < -0.3 is 10.2 Å². The molecule has 0 aliphatic heterocycles. The third-order valence-electron chi connectivity index (χ3n) is 1.49. The highest BCUT2D eigenvalue weighted by Gasteiger charge is 2.22. The first-order valence-electron chi connectivity index (χ1n) is 4.08. The third kappa shape index (κ3) is 7.22. The van der Waals surface area contributed by atoms with Crippen LogP contribution in [-0.2, 0) is 14.9 Å². The van der Waals surface area contributed by atoms with E-state index in [1.165, 1.54) is 6.92 Å². The van der Waals surface area contributed by atoms with Gasteiger partial charge in [0.05, 0.1) is 11.9 Å². The standard InChI is InChI=1S/C6H14N2O6S/c1-4(9)5(6(10)11)8-7-2-3-15(12,13)14/h4-5,7-9H,2-3H2,1H3,(H,10,11)(H,12,13,14)/t4-,5+/m1/s1. The van der Waals surface area contributed by atoms with E-state index in [0.717, 1.165) is 0 Å². The van der Waals surface area contributed by atoms with Gasteiger partial charge in [0.15, 0.2) is 0 Å². The summed E-state index contributed by atoms with van der Waals surface area (Å²) in [5, 5.41) is 17.6. The maximum absolute atomic E-state index is 10.5. The lowest BCUT2D eigenvalue weighted by Gasteiger charge is -2.17. The smallest absolute Gasteiger partial charge is 0.324 e. The van der Waals surface area contributed by atoms with Crippen molar-refractivity contribution in [2.75, 3.05) is 12.3 Å². The average Bonchev–Trinajstić information content (AvgIpc) is 2.00. The van der Waals surface area contributed by atoms with Crippen LogP contribution in [0.5, 0.6) is 0 Å². The van der Waals surface area contributed by atoms with Gasteiger partial charge in [0.2, 0.25) is 0 Å². The molecule has 0 fully saturated rings. The van der Waals surface area contributed by atoms with Crippen LogP contribution in [0.4, 0.5) is 0 Å². The SMILES string of the molecule is C[C@@H](O)[C@H](NNCCS(=O)(=O)O)C(=O)O. The normalized spacial score (nSPS) is 15.9. The number of aliphatic hydroxyl groups excluding tert-OH is 1. The van der Waals surface area contributed by atoms with Gasteiger partial charge in [-0.3, -0.25) is 14.8 Å². The van der Waals surface area contributed by atoms with Crippen LogP contribution >= 0.6 is 0 Å². The molecule has 0 bridgehead atoms. The Morgan fingerprint density at radius 2 is 2.00 bits per heavy atom. The third-order valence-corrected chi connectivity index (χ3v) is 2.21. The first kappa shape index (κ1) is 14.3. The van der Waals surface area contributed by atoms with Crippen molar-refractivity contribution in [1.29, 1.82) is 0 Å². The highest BCUT2D eigenvalue weighted by atomic mass is 32.2. The Hall–Kier alpha value is -0.740. The van der Waals surface area contributed by atoms with E-state index in [2.05, 4.69) is 10.9 Å². The van der Waals surface area contributed by atoms with Crippen LogP contribution in [0.3, 0.4) is 0 Å². The van der Waals surface area contributed by atoms with Gasteiger partial charge in [-0.2, -0.15) is 8.42 Å². The van der Waals surface area contributed by atoms with Crippen molar-refractivity contribution in [3.63, 3.8) is 0 Å². The number of nitrogens with one attached hydrogen (secondary N) is 2. The summed E-state index contributed by atoms with van der Waals surface area (Å²) in [4.78, 5) is 10.5. The highest BCUT2D eigenvalue weighted by Crippen LogP contribution is 1.90. The molecule has 0 rings (SSSR count). The molecule has 5 N–H and O–H groups in total. The minimum atomic E-state index is -4.07. The van der Waals surface area contributed by atoms with Gasteiger partial charge >= 0.3 is 5.97 Å². The molecule has 8 nitrogen and oxygen atoms in total. The molecule has 0 aromatic rings. The van der Waals surface area contributed by atoms with Crippen molar-refractivity contribution >= 4 is 16.1 Å². The van der Waals surface area contributed by atoms with Crippen molar-refractivity contribution in [1.82, 2.24) is 10.9 Å². The van der Waals surface area contributed by atoms with E-state index in [4.69, 9.17) is 14.8 Å². The number of carboxylic acid groups (broad SMARTS) is 1. The molecule has 0 aliphatic carbocycles. The van der Waals surface area contributed by atoms with E-state index in [1.807, 2.05) is 0 Å². The molecule has 90 valence electrons. The Labute approximate surface area is 87.0 Å². The molecule has 2 atom stereocenters. The van der Waals surface area contributed by atoms with Crippen LogP contribution in [0, 0.1) is 0 Å². The largest absolute Gasteiger partial charge is 0.480 e. The number of hydrogen-bond donors (Lipinski definition) is 5. The summed E-state index contributed by atoms with van der Waals surface area (Å²) >= 11 is 0. The zero-order chi connectivity index (χ0) is 12.1. The van der Waals surface area contributed by atoms with Gasteiger partial charge in [0.1, 0.15) is 6.04 Å². The Bertz CT molecular complexity index is 301. The van der Waals surface area contributed by atoms with Gasteiger partial charge in [-0.1, -0.05) is 0 Å². The molecule has 0 aromatic carbocycles. The number of aliphatic carboxylic acids is 1. The predicted octanol–water partition coefficient (Wildman–Crippen LogP) is -2.20. The van der Waals surface area contributed by atoms with E-state index in [0.29, 0.717) is 0 Å². The van der Waals surface area contributed by atoms with Crippen molar-refractivity contribution < 1.29 is 28.0 Å². The lowest BCUT2D eigenvalue weighted by Crippen LogP contribution is -2.52. The zero-order valence-electron chi connectivity index (χ0n) is 8.04. The molecule has 0 aliphatic rings. The molecule has 0 unspecified atom stereocenters. The molecule has 15 heavy (non-hydrogen) atoms. The summed E-state index contributed by atoms with van der Waals surface area (Å²) in [6.45, 7) is 1.10. The minimum Gasteiger partial charge on any atom is -0.480 e. The Kier molecular flexibility index (Phi) is 5.68. The fourth-order valence-electron chi connectivity index (χ4n) is 0.751. The summed E-state index contributed by atoms with van der Waals surface area (Å²) in [6, 6.07) is -1.24. The maximum Gasteiger partial charge on any atom is 0.324 e. The van der Waals surface area contributed by atoms with Crippen LogP contribution in [0.2, 0.25) is 0 Å². The molecular formula is C6H14N2O6S. The van der Waals surface area contributed by atoms with E-state index < -0.39 is 34.0 Å². The predicted molar refractivity (Wildman–Crippen MR) is 50.7 cm³/mol. The quantitative estimate of drug-likeness (QED) is 0.193. The molecule has 0 saturated heterocycles. The topological polar surface area (TPSA) is 136 Å². The first-order valence-corrected chi connectivity index (χ1v) is 5.69. The van der Waals surface area contributed by atoms with E-state index >= 15 is 0 Å². The van der Waals surface area contributed by atoms with Gasteiger partial charge in [-0.25, -0.2) is 5.43 Å². The number of aliphatic hydroxyl groups is 1. The summed E-state index contributed by atoms with van der Waals surface area (Å²) < 4.78 is 28.9. The van der Waals surface area contributed by atoms with Crippen LogP contribution in [-0.4, -0.2) is 53.6 Å². The lowest BCUT2D eigenvalue weighted by atomic mass is 10.2. The van der Waals surface area contributed by atoms with Gasteiger partial charge in [-0.15, -0.1) is 0 Å². The first-order chi connectivity index (χ1) is 6.74. The second-order valence-electron chi connectivity index (χ2n) is 2.91. The number of hydrogen-bond acceptors (Lipinski definition) is 6. The molecule has 0 saturated carbocycles. The number of hydrazine groups is 1. The lowest BCUT2D eigenvalue weighted by molar-refractivity contribution is -0.142. The second-order valence-corrected chi connectivity index (χ2v) is 4.49. The molecule has 0 aromatic heterocycles. The van der Waals surface area contributed by atoms with Crippen molar-refractivity contribution in [3.05, 3.63) is 0 Å². The van der Waals surface area contributed by atoms with E-state index in [-0.39, 0.29) is 6.54 Å². The molecule has 0 heterocycles. The van der Waals surface area contributed by atoms with E-state index in [1.54, 1.807) is 0 Å². The summed E-state index contributed by atoms with van der Waals surface area (Å²) in [7, 11) is -4.07. The number of rotatable bonds is 7. The monoisotopic (exact) mass is 242 g/mol. The fourth-order valence-corrected chi connectivity index (χ4v) is 1.11. The van der Waals surface area contributed by atoms with Crippen molar-refractivity contribution in [2.45, 2.75) is 19.1 Å². The summed E-state index contributed by atoms with van der Waals surface area (Å²) in [5.74, 6) is -1.82. The van der Waals surface area contributed by atoms with Crippen LogP contribution in [0.1, 0.15) is 6.92 Å². The Morgan fingerprint density at radius 3 is 2.33 bits per heavy atom. The molecule has 0 radical (unpaired) electrons. The van der Waals surface area contributed by atoms with Crippen molar-refractivity contribution in [2.24, 2.45) is 0 Å². The van der Waals surface area contributed by atoms with Gasteiger partial charge in [-0.05, 0) is 6.92 Å².